The van der Waals surface area contributed by atoms with E-state index < -0.39 is 17.8 Å². The van der Waals surface area contributed by atoms with Gasteiger partial charge in [0, 0.05) is 5.56 Å². The highest BCUT2D eigenvalue weighted by molar-refractivity contribution is 5.98. The van der Waals surface area contributed by atoms with Gasteiger partial charge >= 0.3 is 6.18 Å². The van der Waals surface area contributed by atoms with Crippen molar-refractivity contribution in [3.05, 3.63) is 82.7 Å². The van der Waals surface area contributed by atoms with Gasteiger partial charge in [-0.2, -0.15) is 18.3 Å². The number of halogens is 3. The number of hydrogen-bond acceptors (Lipinski definition) is 2. The van der Waals surface area contributed by atoms with Crippen LogP contribution in [0.15, 0.2) is 54.6 Å². The van der Waals surface area contributed by atoms with Crippen molar-refractivity contribution in [1.29, 1.82) is 0 Å². The molecular formula is C21H18F3N3O. The summed E-state index contributed by atoms with van der Waals surface area (Å²) in [6.45, 7) is 3.95. The summed E-state index contributed by atoms with van der Waals surface area (Å²) < 4.78 is 41.2. The molecule has 1 aliphatic heterocycles. The standard InChI is InChI=1S/C21H18F3N3O/c1-12(2)19-16-17(13-7-6-8-14(11-13)21(22,23)24)25-20(28)18(16)26-27(19)15-9-4-3-5-10-15/h3-12,17H,1-2H3,(H,25,28). The summed E-state index contributed by atoms with van der Waals surface area (Å²) in [4.78, 5) is 12.5. The highest BCUT2D eigenvalue weighted by atomic mass is 19.4. The average Bonchev–Trinajstić information content (AvgIpc) is 3.20. The largest absolute Gasteiger partial charge is 0.416 e. The molecule has 28 heavy (non-hydrogen) atoms. The molecule has 0 spiro atoms. The lowest BCUT2D eigenvalue weighted by atomic mass is 9.94. The fraction of sp³-hybridized carbons (Fsp3) is 0.238. The second-order valence-corrected chi connectivity index (χ2v) is 7.08. The van der Waals surface area contributed by atoms with Gasteiger partial charge in [0.25, 0.3) is 5.91 Å². The first-order chi connectivity index (χ1) is 13.3. The zero-order valence-corrected chi connectivity index (χ0v) is 15.3. The molecule has 1 aromatic heterocycles. The third-order valence-electron chi connectivity index (χ3n) is 4.83. The molecule has 2 aromatic carbocycles. The summed E-state index contributed by atoms with van der Waals surface area (Å²) in [5, 5.41) is 7.28. The number of carbonyl (C=O) groups excluding carboxylic acids is 1. The second kappa shape index (κ2) is 6.51. The van der Waals surface area contributed by atoms with E-state index in [9.17, 15) is 18.0 Å². The third kappa shape index (κ3) is 2.96. The summed E-state index contributed by atoms with van der Waals surface area (Å²) >= 11 is 0. The van der Waals surface area contributed by atoms with E-state index in [2.05, 4.69) is 10.4 Å². The molecule has 7 heteroatoms. The Morgan fingerprint density at radius 2 is 1.79 bits per heavy atom. The van der Waals surface area contributed by atoms with Crippen LogP contribution in [0.5, 0.6) is 0 Å². The number of rotatable bonds is 3. The van der Waals surface area contributed by atoms with Crippen molar-refractivity contribution >= 4 is 5.91 Å². The van der Waals surface area contributed by atoms with Gasteiger partial charge in [0.15, 0.2) is 5.69 Å². The minimum absolute atomic E-state index is 0.0115. The SMILES string of the molecule is CC(C)c1c2c(nn1-c1ccccc1)C(=O)NC2c1cccc(C(F)(F)F)c1. The Balaban J connectivity index is 1.89. The van der Waals surface area contributed by atoms with Crippen LogP contribution in [0, 0.1) is 0 Å². The number of aromatic nitrogens is 2. The van der Waals surface area contributed by atoms with Crippen LogP contribution in [-0.4, -0.2) is 15.7 Å². The van der Waals surface area contributed by atoms with E-state index in [4.69, 9.17) is 0 Å². The smallest absolute Gasteiger partial charge is 0.340 e. The molecular weight excluding hydrogens is 367 g/mol. The van der Waals surface area contributed by atoms with Crippen molar-refractivity contribution in [1.82, 2.24) is 15.1 Å². The Kier molecular flexibility index (Phi) is 4.25. The van der Waals surface area contributed by atoms with E-state index in [-0.39, 0.29) is 17.5 Å². The van der Waals surface area contributed by atoms with E-state index in [0.717, 1.165) is 23.5 Å². The normalized spacial score (nSPS) is 16.4. The van der Waals surface area contributed by atoms with Crippen molar-refractivity contribution < 1.29 is 18.0 Å². The first-order valence-corrected chi connectivity index (χ1v) is 8.93. The number of carbonyl (C=O) groups is 1. The number of hydrogen-bond donors (Lipinski definition) is 1. The van der Waals surface area contributed by atoms with Crippen molar-refractivity contribution in [3.8, 4) is 5.69 Å². The quantitative estimate of drug-likeness (QED) is 0.701. The molecule has 1 unspecified atom stereocenters. The molecule has 1 atom stereocenters. The minimum Gasteiger partial charge on any atom is -0.340 e. The maximum Gasteiger partial charge on any atom is 0.416 e. The summed E-state index contributed by atoms with van der Waals surface area (Å²) in [5.74, 6) is -0.369. The van der Waals surface area contributed by atoms with Gasteiger partial charge in [0.2, 0.25) is 0 Å². The molecule has 1 amide bonds. The molecule has 0 aliphatic carbocycles. The van der Waals surface area contributed by atoms with Gasteiger partial charge in [-0.1, -0.05) is 44.2 Å². The van der Waals surface area contributed by atoms with E-state index in [0.29, 0.717) is 11.1 Å². The molecule has 0 saturated carbocycles. The second-order valence-electron chi connectivity index (χ2n) is 7.08. The number of para-hydroxylation sites is 1. The number of nitrogens with one attached hydrogen (secondary N) is 1. The first kappa shape index (κ1) is 18.3. The minimum atomic E-state index is -4.45. The summed E-state index contributed by atoms with van der Waals surface area (Å²) in [7, 11) is 0. The van der Waals surface area contributed by atoms with Crippen molar-refractivity contribution in [2.45, 2.75) is 32.0 Å². The number of fused-ring (bicyclic) bond motifs is 1. The third-order valence-corrected chi connectivity index (χ3v) is 4.83. The summed E-state index contributed by atoms with van der Waals surface area (Å²) in [5.41, 5.74) is 2.15. The van der Waals surface area contributed by atoms with Gasteiger partial charge < -0.3 is 5.32 Å². The number of nitrogens with zero attached hydrogens (tertiary/aromatic N) is 2. The molecule has 0 bridgehead atoms. The molecule has 4 rings (SSSR count). The van der Waals surface area contributed by atoms with Gasteiger partial charge in [-0.25, -0.2) is 4.68 Å². The molecule has 1 N–H and O–H groups in total. The van der Waals surface area contributed by atoms with Crippen molar-refractivity contribution in [3.63, 3.8) is 0 Å². The fourth-order valence-electron chi connectivity index (χ4n) is 3.63. The first-order valence-electron chi connectivity index (χ1n) is 8.93. The van der Waals surface area contributed by atoms with Gasteiger partial charge in [-0.15, -0.1) is 0 Å². The number of benzene rings is 2. The monoisotopic (exact) mass is 385 g/mol. The van der Waals surface area contributed by atoms with Crippen LogP contribution in [0.2, 0.25) is 0 Å². The lowest BCUT2D eigenvalue weighted by Gasteiger charge is -2.19. The zero-order valence-electron chi connectivity index (χ0n) is 15.3. The van der Waals surface area contributed by atoms with Gasteiger partial charge in [0.1, 0.15) is 0 Å². The molecule has 4 nitrogen and oxygen atoms in total. The molecule has 2 heterocycles. The van der Waals surface area contributed by atoms with Crippen LogP contribution in [0.1, 0.15) is 58.7 Å². The molecule has 0 fully saturated rings. The van der Waals surface area contributed by atoms with Crippen LogP contribution in [0.4, 0.5) is 13.2 Å². The highest BCUT2D eigenvalue weighted by Crippen LogP contribution is 2.39. The maximum absolute atomic E-state index is 13.2. The summed E-state index contributed by atoms with van der Waals surface area (Å²) in [6.07, 6.45) is -4.45. The van der Waals surface area contributed by atoms with E-state index >= 15 is 0 Å². The Labute approximate surface area is 160 Å². The van der Waals surface area contributed by atoms with Gasteiger partial charge in [-0.05, 0) is 35.7 Å². The lowest BCUT2D eigenvalue weighted by molar-refractivity contribution is -0.137. The molecule has 1 aliphatic rings. The van der Waals surface area contributed by atoms with Crippen LogP contribution in [0.3, 0.4) is 0 Å². The van der Waals surface area contributed by atoms with Crippen molar-refractivity contribution in [2.75, 3.05) is 0 Å². The predicted octanol–water partition coefficient (Wildman–Crippen LogP) is 4.85. The lowest BCUT2D eigenvalue weighted by Crippen LogP contribution is -2.23. The molecule has 3 aromatic rings. The molecule has 0 saturated heterocycles. The summed E-state index contributed by atoms with van der Waals surface area (Å²) in [6, 6.07) is 13.8. The maximum atomic E-state index is 13.2. The Morgan fingerprint density at radius 3 is 2.43 bits per heavy atom. The zero-order chi connectivity index (χ0) is 20.1. The molecule has 144 valence electrons. The Bertz CT molecular complexity index is 1040. The Morgan fingerprint density at radius 1 is 1.07 bits per heavy atom. The fourth-order valence-corrected chi connectivity index (χ4v) is 3.63. The van der Waals surface area contributed by atoms with Crippen molar-refractivity contribution in [2.24, 2.45) is 0 Å². The van der Waals surface area contributed by atoms with E-state index in [1.54, 1.807) is 10.7 Å². The van der Waals surface area contributed by atoms with Crippen LogP contribution < -0.4 is 5.32 Å². The van der Waals surface area contributed by atoms with Crippen LogP contribution >= 0.6 is 0 Å². The number of amides is 1. The van der Waals surface area contributed by atoms with Crippen LogP contribution in [0.25, 0.3) is 5.69 Å². The van der Waals surface area contributed by atoms with Gasteiger partial charge in [-0.3, -0.25) is 4.79 Å². The predicted molar refractivity (Wildman–Crippen MR) is 98.4 cm³/mol. The molecule has 0 radical (unpaired) electrons. The van der Waals surface area contributed by atoms with E-state index in [1.165, 1.54) is 6.07 Å². The average molecular weight is 385 g/mol. The van der Waals surface area contributed by atoms with E-state index in [1.807, 2.05) is 44.2 Å². The highest BCUT2D eigenvalue weighted by Gasteiger charge is 2.39. The topological polar surface area (TPSA) is 46.9 Å². The number of alkyl halides is 3. The van der Waals surface area contributed by atoms with Gasteiger partial charge in [0.05, 0.1) is 23.0 Å². The van der Waals surface area contributed by atoms with Crippen LogP contribution in [-0.2, 0) is 6.18 Å². The Hall–Kier alpha value is -3.09.